The van der Waals surface area contributed by atoms with E-state index in [1.54, 1.807) is 12.1 Å². The summed E-state index contributed by atoms with van der Waals surface area (Å²) in [6.07, 6.45) is 6.49. The molecule has 2 rings (SSSR count). The number of carboxylic acids is 1. The van der Waals surface area contributed by atoms with Gasteiger partial charge in [-0.15, -0.1) is 0 Å². The molecule has 0 heterocycles. The molecule has 1 aliphatic rings. The van der Waals surface area contributed by atoms with Crippen LogP contribution in [0.5, 0.6) is 0 Å². The van der Waals surface area contributed by atoms with Crippen molar-refractivity contribution in [3.8, 4) is 0 Å². The van der Waals surface area contributed by atoms with Crippen molar-refractivity contribution in [3.63, 3.8) is 0 Å². The smallest absolute Gasteiger partial charge is 0.335 e. The number of carbonyl (C=O) groups is 1. The minimum absolute atomic E-state index is 0.237. The van der Waals surface area contributed by atoms with Gasteiger partial charge in [0.2, 0.25) is 0 Å². The summed E-state index contributed by atoms with van der Waals surface area (Å²) < 4.78 is 0. The summed E-state index contributed by atoms with van der Waals surface area (Å²) in [6, 6.07) is 4.91. The van der Waals surface area contributed by atoms with Crippen molar-refractivity contribution in [2.45, 2.75) is 32.1 Å². The van der Waals surface area contributed by atoms with Crippen LogP contribution in [-0.2, 0) is 0 Å². The van der Waals surface area contributed by atoms with Crippen LogP contribution in [-0.4, -0.2) is 17.6 Å². The number of anilines is 2. The van der Waals surface area contributed by atoms with E-state index in [2.05, 4.69) is 5.32 Å². The zero-order chi connectivity index (χ0) is 13.0. The highest BCUT2D eigenvalue weighted by Gasteiger charge is 2.13. The number of nitrogens with two attached hydrogens (primary N) is 1. The number of aromatic carboxylic acids is 1. The van der Waals surface area contributed by atoms with Gasteiger partial charge in [-0.2, -0.15) is 0 Å². The van der Waals surface area contributed by atoms with E-state index in [1.807, 2.05) is 0 Å². The molecule has 0 aliphatic heterocycles. The second-order valence-electron chi connectivity index (χ2n) is 5.03. The summed E-state index contributed by atoms with van der Waals surface area (Å²) in [5.41, 5.74) is 7.23. The Morgan fingerprint density at radius 1 is 1.28 bits per heavy atom. The molecule has 0 unspecified atom stereocenters. The lowest BCUT2D eigenvalue weighted by atomic mass is 9.89. The largest absolute Gasteiger partial charge is 0.478 e. The summed E-state index contributed by atoms with van der Waals surface area (Å²) in [5, 5.41) is 12.3. The van der Waals surface area contributed by atoms with Gasteiger partial charge < -0.3 is 16.2 Å². The normalized spacial score (nSPS) is 16.4. The van der Waals surface area contributed by atoms with Crippen molar-refractivity contribution in [3.05, 3.63) is 23.8 Å². The van der Waals surface area contributed by atoms with E-state index in [9.17, 15) is 4.79 Å². The Morgan fingerprint density at radius 3 is 2.67 bits per heavy atom. The molecule has 4 N–H and O–H groups in total. The topological polar surface area (TPSA) is 75.3 Å². The van der Waals surface area contributed by atoms with Gasteiger partial charge in [-0.1, -0.05) is 19.3 Å². The van der Waals surface area contributed by atoms with Crippen molar-refractivity contribution in [1.82, 2.24) is 0 Å². The maximum absolute atomic E-state index is 10.9. The zero-order valence-electron chi connectivity index (χ0n) is 10.5. The summed E-state index contributed by atoms with van der Waals surface area (Å²) in [4.78, 5) is 10.9. The quantitative estimate of drug-likeness (QED) is 0.716. The van der Waals surface area contributed by atoms with Crippen molar-refractivity contribution < 1.29 is 9.90 Å². The van der Waals surface area contributed by atoms with E-state index in [1.165, 1.54) is 38.2 Å². The lowest BCUT2D eigenvalue weighted by molar-refractivity contribution is 0.0697. The minimum atomic E-state index is -0.942. The Bertz CT molecular complexity index is 426. The number of rotatable bonds is 4. The van der Waals surface area contributed by atoms with Gasteiger partial charge in [-0.05, 0) is 37.0 Å². The van der Waals surface area contributed by atoms with Gasteiger partial charge in [0.1, 0.15) is 0 Å². The van der Waals surface area contributed by atoms with Crippen LogP contribution in [0.2, 0.25) is 0 Å². The highest BCUT2D eigenvalue weighted by molar-refractivity contribution is 5.90. The maximum atomic E-state index is 10.9. The molecule has 1 aliphatic carbocycles. The number of carboxylic acid groups (broad SMARTS) is 1. The van der Waals surface area contributed by atoms with E-state index in [-0.39, 0.29) is 5.56 Å². The fraction of sp³-hybridized carbons (Fsp3) is 0.500. The number of hydrogen-bond donors (Lipinski definition) is 3. The van der Waals surface area contributed by atoms with Gasteiger partial charge in [-0.25, -0.2) is 4.79 Å². The third kappa shape index (κ3) is 3.39. The van der Waals surface area contributed by atoms with E-state index in [4.69, 9.17) is 10.8 Å². The van der Waals surface area contributed by atoms with Crippen molar-refractivity contribution in [2.75, 3.05) is 17.6 Å². The fourth-order valence-electron chi connectivity index (χ4n) is 2.53. The Balaban J connectivity index is 1.97. The van der Waals surface area contributed by atoms with Crippen LogP contribution < -0.4 is 11.1 Å². The number of benzene rings is 1. The van der Waals surface area contributed by atoms with E-state index < -0.39 is 5.97 Å². The lowest BCUT2D eigenvalue weighted by Gasteiger charge is -2.22. The molecule has 0 aromatic heterocycles. The monoisotopic (exact) mass is 248 g/mol. The zero-order valence-corrected chi connectivity index (χ0v) is 10.5. The van der Waals surface area contributed by atoms with Gasteiger partial charge in [0, 0.05) is 17.9 Å². The lowest BCUT2D eigenvalue weighted by Crippen LogP contribution is -2.17. The van der Waals surface area contributed by atoms with Crippen LogP contribution in [0.3, 0.4) is 0 Å². The molecule has 98 valence electrons. The minimum Gasteiger partial charge on any atom is -0.478 e. The molecule has 0 amide bonds. The van der Waals surface area contributed by atoms with Crippen molar-refractivity contribution in [2.24, 2.45) is 5.92 Å². The van der Waals surface area contributed by atoms with Crippen LogP contribution in [0.15, 0.2) is 18.2 Å². The van der Waals surface area contributed by atoms with E-state index >= 15 is 0 Å². The fourth-order valence-corrected chi connectivity index (χ4v) is 2.53. The molecule has 0 bridgehead atoms. The first-order chi connectivity index (χ1) is 8.65. The first-order valence-electron chi connectivity index (χ1n) is 6.53. The van der Waals surface area contributed by atoms with Gasteiger partial charge in [0.15, 0.2) is 0 Å². The molecular weight excluding hydrogens is 228 g/mol. The molecule has 1 fully saturated rings. The molecular formula is C14H20N2O2. The number of hydrogen-bond acceptors (Lipinski definition) is 3. The van der Waals surface area contributed by atoms with Crippen LogP contribution in [0.1, 0.15) is 42.5 Å². The van der Waals surface area contributed by atoms with Crippen LogP contribution in [0, 0.1) is 5.92 Å². The van der Waals surface area contributed by atoms with Crippen LogP contribution >= 0.6 is 0 Å². The average molecular weight is 248 g/mol. The highest BCUT2D eigenvalue weighted by atomic mass is 16.4. The third-order valence-electron chi connectivity index (χ3n) is 3.52. The molecule has 1 aromatic rings. The molecule has 0 saturated heterocycles. The van der Waals surface area contributed by atoms with Crippen LogP contribution in [0.4, 0.5) is 11.4 Å². The Labute approximate surface area is 107 Å². The summed E-state index contributed by atoms with van der Waals surface area (Å²) >= 11 is 0. The van der Waals surface area contributed by atoms with Crippen molar-refractivity contribution in [1.29, 1.82) is 0 Å². The molecule has 0 atom stereocenters. The van der Waals surface area contributed by atoms with Crippen molar-refractivity contribution >= 4 is 17.3 Å². The molecule has 1 saturated carbocycles. The second kappa shape index (κ2) is 5.76. The summed E-state index contributed by atoms with van der Waals surface area (Å²) in [6.45, 7) is 0.905. The SMILES string of the molecule is Nc1cc(NCC2CCCCC2)cc(C(=O)O)c1. The molecule has 4 heteroatoms. The Kier molecular flexibility index (Phi) is 4.07. The molecule has 18 heavy (non-hydrogen) atoms. The standard InChI is InChI=1S/C14H20N2O2/c15-12-6-11(14(17)18)7-13(8-12)16-9-10-4-2-1-3-5-10/h6-8,10,16H,1-5,9,15H2,(H,17,18). The predicted octanol–water partition coefficient (Wildman–Crippen LogP) is 2.96. The highest BCUT2D eigenvalue weighted by Crippen LogP contribution is 2.24. The number of nitrogen functional groups attached to an aromatic ring is 1. The summed E-state index contributed by atoms with van der Waals surface area (Å²) in [5.74, 6) is -0.239. The third-order valence-corrected chi connectivity index (χ3v) is 3.52. The van der Waals surface area contributed by atoms with Gasteiger partial charge in [-0.3, -0.25) is 0 Å². The Hall–Kier alpha value is -1.71. The first-order valence-corrected chi connectivity index (χ1v) is 6.53. The van der Waals surface area contributed by atoms with Gasteiger partial charge in [0.05, 0.1) is 5.56 Å². The molecule has 0 radical (unpaired) electrons. The van der Waals surface area contributed by atoms with Crippen LogP contribution in [0.25, 0.3) is 0 Å². The molecule has 1 aromatic carbocycles. The first kappa shape index (κ1) is 12.7. The number of nitrogens with one attached hydrogen (secondary N) is 1. The predicted molar refractivity (Wildman–Crippen MR) is 72.9 cm³/mol. The second-order valence-corrected chi connectivity index (χ2v) is 5.03. The summed E-state index contributed by atoms with van der Waals surface area (Å²) in [7, 11) is 0. The Morgan fingerprint density at radius 2 is 2.00 bits per heavy atom. The maximum Gasteiger partial charge on any atom is 0.335 e. The van der Waals surface area contributed by atoms with Gasteiger partial charge >= 0.3 is 5.97 Å². The van der Waals surface area contributed by atoms with Gasteiger partial charge in [0.25, 0.3) is 0 Å². The van der Waals surface area contributed by atoms with E-state index in [0.717, 1.165) is 12.2 Å². The average Bonchev–Trinajstić information content (AvgIpc) is 2.37. The molecule has 4 nitrogen and oxygen atoms in total. The molecule has 0 spiro atoms. The van der Waals surface area contributed by atoms with E-state index in [0.29, 0.717) is 11.6 Å².